The zero-order valence-electron chi connectivity index (χ0n) is 12.0. The van der Waals surface area contributed by atoms with E-state index in [-0.39, 0.29) is 12.3 Å². The molecule has 0 saturated carbocycles. The van der Waals surface area contributed by atoms with Gasteiger partial charge >= 0.3 is 12.6 Å². The molecule has 1 atom stereocenters. The van der Waals surface area contributed by atoms with Crippen LogP contribution in [0.15, 0.2) is 41.1 Å². The predicted molar refractivity (Wildman–Crippen MR) is 82.6 cm³/mol. The lowest BCUT2D eigenvalue weighted by atomic mass is 10.1. The zero-order valence-corrected chi connectivity index (χ0v) is 12.9. The fraction of sp³-hybridized carbons (Fsp3) is 0.267. The standard InChI is InChI=1S/C15H16F2N2O3S/c16-14(17)22-12-3-1-2-11(6-12)13(20)8-19-15(21)18-7-10-4-5-23-9-10/h1-6,9,13-14,20H,7-8H2,(H2,18,19,21). The first kappa shape index (κ1) is 17.2. The number of hydrogen-bond donors (Lipinski definition) is 3. The molecule has 0 saturated heterocycles. The van der Waals surface area contributed by atoms with Gasteiger partial charge in [0.25, 0.3) is 0 Å². The molecule has 124 valence electrons. The van der Waals surface area contributed by atoms with Crippen LogP contribution in [0.3, 0.4) is 0 Å². The highest BCUT2D eigenvalue weighted by Gasteiger charge is 2.12. The van der Waals surface area contributed by atoms with Crippen molar-refractivity contribution in [1.29, 1.82) is 0 Å². The highest BCUT2D eigenvalue weighted by atomic mass is 32.1. The van der Waals surface area contributed by atoms with E-state index in [1.165, 1.54) is 29.5 Å². The predicted octanol–water partition coefficient (Wildman–Crippen LogP) is 2.88. The van der Waals surface area contributed by atoms with Crippen LogP contribution in [-0.2, 0) is 6.54 Å². The molecule has 1 unspecified atom stereocenters. The van der Waals surface area contributed by atoms with Gasteiger partial charge in [0.15, 0.2) is 0 Å². The third-order valence-corrected chi connectivity index (χ3v) is 3.69. The van der Waals surface area contributed by atoms with Gasteiger partial charge in [-0.25, -0.2) is 4.79 Å². The van der Waals surface area contributed by atoms with Gasteiger partial charge in [0.2, 0.25) is 0 Å². The topological polar surface area (TPSA) is 70.6 Å². The smallest absolute Gasteiger partial charge is 0.387 e. The molecule has 2 aromatic rings. The van der Waals surface area contributed by atoms with Crippen LogP contribution in [0.1, 0.15) is 17.2 Å². The first-order valence-electron chi connectivity index (χ1n) is 6.80. The van der Waals surface area contributed by atoms with Gasteiger partial charge in [0.05, 0.1) is 6.10 Å². The Morgan fingerprint density at radius 2 is 2.13 bits per heavy atom. The minimum Gasteiger partial charge on any atom is -0.435 e. The van der Waals surface area contributed by atoms with E-state index in [0.29, 0.717) is 12.1 Å². The van der Waals surface area contributed by atoms with Crippen molar-refractivity contribution in [3.8, 4) is 5.75 Å². The SMILES string of the molecule is O=C(NCc1ccsc1)NCC(O)c1cccc(OC(F)F)c1. The van der Waals surface area contributed by atoms with E-state index in [1.807, 2.05) is 16.8 Å². The molecule has 3 N–H and O–H groups in total. The van der Waals surface area contributed by atoms with Crippen LogP contribution in [0, 0.1) is 0 Å². The molecule has 0 spiro atoms. The van der Waals surface area contributed by atoms with Crippen LogP contribution in [0.25, 0.3) is 0 Å². The van der Waals surface area contributed by atoms with Crippen LogP contribution in [-0.4, -0.2) is 24.3 Å². The summed E-state index contributed by atoms with van der Waals surface area (Å²) in [4.78, 5) is 11.6. The summed E-state index contributed by atoms with van der Waals surface area (Å²) in [5.74, 6) is -0.0431. The van der Waals surface area contributed by atoms with Crippen molar-refractivity contribution in [2.45, 2.75) is 19.3 Å². The summed E-state index contributed by atoms with van der Waals surface area (Å²) in [5, 5.41) is 19.0. The summed E-state index contributed by atoms with van der Waals surface area (Å²) in [6, 6.07) is 7.20. The van der Waals surface area contributed by atoms with Crippen molar-refractivity contribution in [2.75, 3.05) is 6.54 Å². The van der Waals surface area contributed by atoms with Crippen LogP contribution in [0.4, 0.5) is 13.6 Å². The third-order valence-electron chi connectivity index (χ3n) is 2.96. The molecule has 1 heterocycles. The van der Waals surface area contributed by atoms with E-state index in [4.69, 9.17) is 0 Å². The minimum absolute atomic E-state index is 0.0431. The van der Waals surface area contributed by atoms with E-state index in [2.05, 4.69) is 15.4 Å². The molecule has 23 heavy (non-hydrogen) atoms. The molecular formula is C15H16F2N2O3S. The Labute approximate surface area is 135 Å². The average Bonchev–Trinajstić information content (AvgIpc) is 3.03. The maximum absolute atomic E-state index is 12.2. The van der Waals surface area contributed by atoms with E-state index in [9.17, 15) is 18.7 Å². The van der Waals surface area contributed by atoms with E-state index >= 15 is 0 Å². The Morgan fingerprint density at radius 1 is 1.30 bits per heavy atom. The lowest BCUT2D eigenvalue weighted by molar-refractivity contribution is -0.0499. The number of urea groups is 1. The molecule has 0 aliphatic carbocycles. The Balaban J connectivity index is 1.79. The Morgan fingerprint density at radius 3 is 2.83 bits per heavy atom. The molecular weight excluding hydrogens is 326 g/mol. The molecule has 0 fully saturated rings. The highest BCUT2D eigenvalue weighted by Crippen LogP contribution is 2.20. The van der Waals surface area contributed by atoms with Gasteiger partial charge in [-0.3, -0.25) is 0 Å². The third kappa shape index (κ3) is 5.84. The van der Waals surface area contributed by atoms with Gasteiger partial charge in [-0.05, 0) is 40.1 Å². The monoisotopic (exact) mass is 342 g/mol. The van der Waals surface area contributed by atoms with E-state index in [0.717, 1.165) is 5.56 Å². The summed E-state index contributed by atoms with van der Waals surface area (Å²) in [5.41, 5.74) is 1.36. The summed E-state index contributed by atoms with van der Waals surface area (Å²) in [7, 11) is 0. The first-order valence-corrected chi connectivity index (χ1v) is 7.74. The molecule has 0 bridgehead atoms. The molecule has 8 heteroatoms. The minimum atomic E-state index is -2.93. The van der Waals surface area contributed by atoms with Gasteiger partial charge < -0.3 is 20.5 Å². The number of aliphatic hydroxyl groups excluding tert-OH is 1. The summed E-state index contributed by atoms with van der Waals surface area (Å²) < 4.78 is 28.6. The number of carbonyl (C=O) groups excluding carboxylic acids is 1. The van der Waals surface area contributed by atoms with Crippen LogP contribution < -0.4 is 15.4 Å². The van der Waals surface area contributed by atoms with E-state index in [1.54, 1.807) is 6.07 Å². The Bertz CT molecular complexity index is 623. The number of alkyl halides is 2. The number of amides is 2. The second-order valence-electron chi connectivity index (χ2n) is 4.66. The molecule has 5 nitrogen and oxygen atoms in total. The van der Waals surface area contributed by atoms with Gasteiger partial charge in [-0.1, -0.05) is 12.1 Å². The van der Waals surface area contributed by atoms with Gasteiger partial charge in [-0.15, -0.1) is 0 Å². The van der Waals surface area contributed by atoms with Crippen molar-refractivity contribution in [3.05, 3.63) is 52.2 Å². The van der Waals surface area contributed by atoms with Crippen molar-refractivity contribution in [2.24, 2.45) is 0 Å². The average molecular weight is 342 g/mol. The number of benzene rings is 1. The molecule has 0 aliphatic heterocycles. The number of carbonyl (C=O) groups is 1. The second-order valence-corrected chi connectivity index (χ2v) is 5.44. The molecule has 2 rings (SSSR count). The Hall–Kier alpha value is -2.19. The lowest BCUT2D eigenvalue weighted by Crippen LogP contribution is -2.37. The molecule has 0 radical (unpaired) electrons. The summed E-state index contributed by atoms with van der Waals surface area (Å²) >= 11 is 1.54. The van der Waals surface area contributed by atoms with Crippen molar-refractivity contribution < 1.29 is 23.4 Å². The number of thiophene rings is 1. The molecule has 1 aromatic carbocycles. The van der Waals surface area contributed by atoms with Gasteiger partial charge in [-0.2, -0.15) is 20.1 Å². The summed E-state index contributed by atoms with van der Waals surface area (Å²) in [6.07, 6.45) is -1.02. The molecule has 2 amide bonds. The zero-order chi connectivity index (χ0) is 16.7. The number of ether oxygens (including phenoxy) is 1. The van der Waals surface area contributed by atoms with Crippen LogP contribution in [0.5, 0.6) is 5.75 Å². The number of nitrogens with one attached hydrogen (secondary N) is 2. The first-order chi connectivity index (χ1) is 11.0. The fourth-order valence-corrected chi connectivity index (χ4v) is 2.51. The van der Waals surface area contributed by atoms with Crippen molar-refractivity contribution >= 4 is 17.4 Å². The molecule has 0 aliphatic rings. The van der Waals surface area contributed by atoms with Crippen molar-refractivity contribution in [3.63, 3.8) is 0 Å². The highest BCUT2D eigenvalue weighted by molar-refractivity contribution is 7.07. The number of hydrogen-bond acceptors (Lipinski definition) is 4. The second kappa shape index (κ2) is 8.44. The number of rotatable bonds is 7. The number of aliphatic hydroxyl groups is 1. The maximum Gasteiger partial charge on any atom is 0.387 e. The summed E-state index contributed by atoms with van der Waals surface area (Å²) in [6.45, 7) is -2.58. The quantitative estimate of drug-likeness (QED) is 0.725. The fourth-order valence-electron chi connectivity index (χ4n) is 1.84. The number of halogens is 2. The largest absolute Gasteiger partial charge is 0.435 e. The lowest BCUT2D eigenvalue weighted by Gasteiger charge is -2.14. The maximum atomic E-state index is 12.2. The van der Waals surface area contributed by atoms with Crippen LogP contribution >= 0.6 is 11.3 Å². The van der Waals surface area contributed by atoms with Crippen molar-refractivity contribution in [1.82, 2.24) is 10.6 Å². The van der Waals surface area contributed by atoms with Crippen LogP contribution in [0.2, 0.25) is 0 Å². The van der Waals surface area contributed by atoms with E-state index < -0.39 is 18.7 Å². The molecule has 1 aromatic heterocycles. The van der Waals surface area contributed by atoms with Gasteiger partial charge in [0, 0.05) is 13.1 Å². The Kier molecular flexibility index (Phi) is 6.30. The van der Waals surface area contributed by atoms with Gasteiger partial charge in [0.1, 0.15) is 5.75 Å². The normalized spacial score (nSPS) is 12.0.